The molecule has 0 aliphatic heterocycles. The fraction of sp³-hybridized carbons (Fsp3) is 0.562. The molecule has 1 fully saturated rings. The molecule has 0 atom stereocenters. The van der Waals surface area contributed by atoms with Gasteiger partial charge in [-0.15, -0.1) is 0 Å². The minimum atomic E-state index is -0.359. The SMILES string of the molecule is CCOC(=O)c1cccc(NC2(C)CCCCC2)c1N. The van der Waals surface area contributed by atoms with Crippen molar-refractivity contribution in [3.63, 3.8) is 0 Å². The average Bonchev–Trinajstić information content (AvgIpc) is 2.42. The van der Waals surface area contributed by atoms with Gasteiger partial charge < -0.3 is 15.8 Å². The maximum absolute atomic E-state index is 11.9. The monoisotopic (exact) mass is 276 g/mol. The third kappa shape index (κ3) is 3.24. The van der Waals surface area contributed by atoms with Gasteiger partial charge in [0.1, 0.15) is 0 Å². The number of hydrogen-bond donors (Lipinski definition) is 2. The minimum Gasteiger partial charge on any atom is -0.462 e. The molecule has 0 unspecified atom stereocenters. The van der Waals surface area contributed by atoms with Crippen molar-refractivity contribution >= 4 is 17.3 Å². The van der Waals surface area contributed by atoms with Gasteiger partial charge in [0.05, 0.1) is 23.5 Å². The zero-order valence-corrected chi connectivity index (χ0v) is 12.4. The van der Waals surface area contributed by atoms with Crippen molar-refractivity contribution in [3.05, 3.63) is 23.8 Å². The molecule has 20 heavy (non-hydrogen) atoms. The van der Waals surface area contributed by atoms with Crippen molar-refractivity contribution in [2.45, 2.75) is 51.5 Å². The maximum Gasteiger partial charge on any atom is 0.340 e. The van der Waals surface area contributed by atoms with E-state index in [2.05, 4.69) is 12.2 Å². The van der Waals surface area contributed by atoms with Crippen LogP contribution in [0.15, 0.2) is 18.2 Å². The van der Waals surface area contributed by atoms with E-state index in [1.807, 2.05) is 12.1 Å². The van der Waals surface area contributed by atoms with E-state index in [0.29, 0.717) is 17.9 Å². The molecular weight excluding hydrogens is 252 g/mol. The van der Waals surface area contributed by atoms with Crippen LogP contribution in [0.3, 0.4) is 0 Å². The second kappa shape index (κ2) is 6.16. The van der Waals surface area contributed by atoms with E-state index in [1.165, 1.54) is 19.3 Å². The number of benzene rings is 1. The molecule has 1 aromatic carbocycles. The second-order valence-electron chi connectivity index (χ2n) is 5.73. The van der Waals surface area contributed by atoms with Crippen LogP contribution in [0.1, 0.15) is 56.3 Å². The summed E-state index contributed by atoms with van der Waals surface area (Å²) in [5.74, 6) is -0.359. The smallest absolute Gasteiger partial charge is 0.340 e. The molecule has 0 radical (unpaired) electrons. The third-order valence-electron chi connectivity index (χ3n) is 4.00. The Labute approximate surface area is 120 Å². The molecule has 3 N–H and O–H groups in total. The van der Waals surface area contributed by atoms with Gasteiger partial charge in [0, 0.05) is 5.54 Å². The lowest BCUT2D eigenvalue weighted by Crippen LogP contribution is -2.37. The number of carbonyl (C=O) groups is 1. The molecule has 0 aromatic heterocycles. The maximum atomic E-state index is 11.9. The summed E-state index contributed by atoms with van der Waals surface area (Å²) in [4.78, 5) is 11.9. The van der Waals surface area contributed by atoms with Crippen LogP contribution in [-0.4, -0.2) is 18.1 Å². The lowest BCUT2D eigenvalue weighted by Gasteiger charge is -2.36. The summed E-state index contributed by atoms with van der Waals surface area (Å²) in [5.41, 5.74) is 7.95. The highest BCUT2D eigenvalue weighted by molar-refractivity contribution is 5.98. The van der Waals surface area contributed by atoms with Crippen LogP contribution in [0.25, 0.3) is 0 Å². The zero-order valence-electron chi connectivity index (χ0n) is 12.4. The van der Waals surface area contributed by atoms with Crippen molar-refractivity contribution in [3.8, 4) is 0 Å². The summed E-state index contributed by atoms with van der Waals surface area (Å²) in [7, 11) is 0. The Morgan fingerprint density at radius 2 is 2.05 bits per heavy atom. The number of nitrogen functional groups attached to an aromatic ring is 1. The number of ether oxygens (including phenoxy) is 1. The Kier molecular flexibility index (Phi) is 4.53. The topological polar surface area (TPSA) is 64.3 Å². The Morgan fingerprint density at radius 1 is 1.35 bits per heavy atom. The van der Waals surface area contributed by atoms with Crippen molar-refractivity contribution in [2.24, 2.45) is 0 Å². The van der Waals surface area contributed by atoms with Gasteiger partial charge in [-0.05, 0) is 38.8 Å². The van der Waals surface area contributed by atoms with Crippen molar-refractivity contribution in [2.75, 3.05) is 17.7 Å². The highest BCUT2D eigenvalue weighted by Gasteiger charge is 2.27. The molecule has 1 aliphatic rings. The van der Waals surface area contributed by atoms with Gasteiger partial charge in [-0.1, -0.05) is 25.3 Å². The van der Waals surface area contributed by atoms with Gasteiger partial charge in [0.15, 0.2) is 0 Å². The van der Waals surface area contributed by atoms with Gasteiger partial charge >= 0.3 is 5.97 Å². The number of nitrogens with two attached hydrogens (primary N) is 1. The summed E-state index contributed by atoms with van der Waals surface area (Å²) in [6.45, 7) is 4.37. The Hall–Kier alpha value is -1.71. The fourth-order valence-electron chi connectivity index (χ4n) is 2.84. The minimum absolute atomic E-state index is 0.0691. The first-order valence-electron chi connectivity index (χ1n) is 7.39. The average molecular weight is 276 g/mol. The summed E-state index contributed by atoms with van der Waals surface area (Å²) < 4.78 is 5.03. The normalized spacial score (nSPS) is 17.5. The molecule has 1 aromatic rings. The van der Waals surface area contributed by atoms with Crippen molar-refractivity contribution in [1.82, 2.24) is 0 Å². The second-order valence-corrected chi connectivity index (χ2v) is 5.73. The van der Waals surface area contributed by atoms with E-state index in [0.717, 1.165) is 18.5 Å². The first-order chi connectivity index (χ1) is 9.56. The predicted octanol–water partition coefficient (Wildman–Crippen LogP) is 3.58. The quantitative estimate of drug-likeness (QED) is 0.651. The van der Waals surface area contributed by atoms with E-state index < -0.39 is 0 Å². The molecule has 0 spiro atoms. The van der Waals surface area contributed by atoms with Crippen LogP contribution in [0.5, 0.6) is 0 Å². The van der Waals surface area contributed by atoms with Crippen LogP contribution < -0.4 is 11.1 Å². The largest absolute Gasteiger partial charge is 0.462 e. The molecule has 4 heteroatoms. The number of esters is 1. The van der Waals surface area contributed by atoms with Crippen LogP contribution in [-0.2, 0) is 4.74 Å². The number of carbonyl (C=O) groups excluding carboxylic acids is 1. The summed E-state index contributed by atoms with van der Waals surface area (Å²) in [6, 6.07) is 5.48. The fourth-order valence-corrected chi connectivity index (χ4v) is 2.84. The molecular formula is C16H24N2O2. The third-order valence-corrected chi connectivity index (χ3v) is 4.00. The number of hydrogen-bond acceptors (Lipinski definition) is 4. The first-order valence-corrected chi connectivity index (χ1v) is 7.39. The molecule has 1 aliphatic carbocycles. The van der Waals surface area contributed by atoms with E-state index in [-0.39, 0.29) is 11.5 Å². The van der Waals surface area contributed by atoms with E-state index >= 15 is 0 Å². The number of rotatable bonds is 4. The molecule has 0 saturated heterocycles. The van der Waals surface area contributed by atoms with Gasteiger partial charge in [-0.25, -0.2) is 4.79 Å². The van der Waals surface area contributed by atoms with Crippen molar-refractivity contribution < 1.29 is 9.53 Å². The van der Waals surface area contributed by atoms with Crippen LogP contribution in [0, 0.1) is 0 Å². The molecule has 110 valence electrons. The molecule has 0 amide bonds. The number of anilines is 2. The van der Waals surface area contributed by atoms with Crippen LogP contribution >= 0.6 is 0 Å². The van der Waals surface area contributed by atoms with Crippen LogP contribution in [0.2, 0.25) is 0 Å². The molecule has 0 bridgehead atoms. The number of para-hydroxylation sites is 1. The molecule has 2 rings (SSSR count). The van der Waals surface area contributed by atoms with Crippen LogP contribution in [0.4, 0.5) is 11.4 Å². The highest BCUT2D eigenvalue weighted by Crippen LogP contribution is 2.34. The van der Waals surface area contributed by atoms with Gasteiger partial charge in [0.25, 0.3) is 0 Å². The molecule has 0 heterocycles. The summed E-state index contributed by atoms with van der Waals surface area (Å²) >= 11 is 0. The molecule has 1 saturated carbocycles. The van der Waals surface area contributed by atoms with Gasteiger partial charge in [-0.3, -0.25) is 0 Å². The lowest BCUT2D eigenvalue weighted by atomic mass is 9.83. The standard InChI is InChI=1S/C16H24N2O2/c1-3-20-15(19)12-8-7-9-13(14(12)17)18-16(2)10-5-4-6-11-16/h7-9,18H,3-6,10-11,17H2,1-2H3. The Balaban J connectivity index is 2.20. The summed E-state index contributed by atoms with van der Waals surface area (Å²) in [6.07, 6.45) is 6.05. The summed E-state index contributed by atoms with van der Waals surface area (Å²) in [5, 5.41) is 3.53. The first kappa shape index (κ1) is 14.7. The Morgan fingerprint density at radius 3 is 2.70 bits per heavy atom. The highest BCUT2D eigenvalue weighted by atomic mass is 16.5. The van der Waals surface area contributed by atoms with Gasteiger partial charge in [-0.2, -0.15) is 0 Å². The lowest BCUT2D eigenvalue weighted by molar-refractivity contribution is 0.0527. The number of nitrogens with one attached hydrogen (secondary N) is 1. The molecule has 4 nitrogen and oxygen atoms in total. The van der Waals surface area contributed by atoms with Crippen molar-refractivity contribution in [1.29, 1.82) is 0 Å². The van der Waals surface area contributed by atoms with E-state index in [4.69, 9.17) is 10.5 Å². The van der Waals surface area contributed by atoms with E-state index in [9.17, 15) is 4.79 Å². The van der Waals surface area contributed by atoms with E-state index in [1.54, 1.807) is 13.0 Å². The Bertz CT molecular complexity index is 479. The predicted molar refractivity (Wildman–Crippen MR) is 81.9 cm³/mol. The van der Waals surface area contributed by atoms with Gasteiger partial charge in [0.2, 0.25) is 0 Å². The zero-order chi connectivity index (χ0) is 14.6.